The third-order valence-electron chi connectivity index (χ3n) is 3.97. The zero-order valence-electron chi connectivity index (χ0n) is 9.35. The molecule has 0 N–H and O–H groups in total. The van der Waals surface area contributed by atoms with Crippen LogP contribution in [-0.2, 0) is 0 Å². The summed E-state index contributed by atoms with van der Waals surface area (Å²) in [4.78, 5) is 0. The molecule has 2 unspecified atom stereocenters. The van der Waals surface area contributed by atoms with Crippen LogP contribution in [0.15, 0.2) is 0 Å². The van der Waals surface area contributed by atoms with E-state index in [0.717, 1.165) is 6.42 Å². The first-order valence-corrected chi connectivity index (χ1v) is 5.28. The zero-order valence-corrected chi connectivity index (χ0v) is 9.35. The predicted molar refractivity (Wildman–Crippen MR) is 55.1 cm³/mol. The molecule has 1 aliphatic carbocycles. The molecule has 0 bridgehead atoms. The summed E-state index contributed by atoms with van der Waals surface area (Å²) in [6, 6.07) is 2.24. The third-order valence-corrected chi connectivity index (χ3v) is 3.97. The van der Waals surface area contributed by atoms with Gasteiger partial charge in [-0.3, -0.25) is 0 Å². The fourth-order valence-electron chi connectivity index (χ4n) is 2.18. The lowest BCUT2D eigenvalue weighted by Crippen LogP contribution is -2.06. The van der Waals surface area contributed by atoms with Crippen LogP contribution in [0.2, 0.25) is 0 Å². The lowest BCUT2D eigenvalue weighted by atomic mass is 9.89. The van der Waals surface area contributed by atoms with Crippen molar-refractivity contribution in [3.05, 3.63) is 0 Å². The second kappa shape index (κ2) is 3.33. The normalized spacial score (nSPS) is 32.2. The average molecular weight is 179 g/mol. The number of hydrogen-bond donors (Lipinski definition) is 0. The van der Waals surface area contributed by atoms with E-state index in [1.165, 1.54) is 19.3 Å². The molecule has 1 rings (SSSR count). The highest BCUT2D eigenvalue weighted by molar-refractivity contribution is 5.06. The summed E-state index contributed by atoms with van der Waals surface area (Å²) in [6.07, 6.45) is 4.59. The number of nitriles is 1. The van der Waals surface area contributed by atoms with Crippen molar-refractivity contribution >= 4 is 0 Å². The molecule has 1 aliphatic rings. The molecule has 1 nitrogen and oxygen atoms in total. The van der Waals surface area contributed by atoms with Crippen molar-refractivity contribution < 1.29 is 0 Å². The van der Waals surface area contributed by atoms with Gasteiger partial charge in [-0.25, -0.2) is 0 Å². The van der Waals surface area contributed by atoms with E-state index in [4.69, 9.17) is 5.26 Å². The molecule has 1 fully saturated rings. The van der Waals surface area contributed by atoms with E-state index in [1.54, 1.807) is 0 Å². The Bertz CT molecular complexity index is 224. The van der Waals surface area contributed by atoms with Crippen LogP contribution < -0.4 is 0 Å². The van der Waals surface area contributed by atoms with Crippen LogP contribution in [0.1, 0.15) is 53.4 Å². The Morgan fingerprint density at radius 3 is 2.31 bits per heavy atom. The molecular formula is C12H21N. The first-order chi connectivity index (χ1) is 5.91. The Hall–Kier alpha value is -0.510. The maximum Gasteiger partial charge on any atom is 0.0624 e. The fourth-order valence-corrected chi connectivity index (χ4v) is 2.18. The van der Waals surface area contributed by atoms with Gasteiger partial charge >= 0.3 is 0 Å². The van der Waals surface area contributed by atoms with E-state index in [2.05, 4.69) is 33.8 Å². The van der Waals surface area contributed by atoms with Crippen LogP contribution in [0.4, 0.5) is 0 Å². The van der Waals surface area contributed by atoms with E-state index in [1.807, 2.05) is 0 Å². The van der Waals surface area contributed by atoms with Crippen LogP contribution in [0.3, 0.4) is 0 Å². The van der Waals surface area contributed by atoms with Crippen LogP contribution in [0.25, 0.3) is 0 Å². The molecule has 0 heterocycles. The van der Waals surface area contributed by atoms with Crippen molar-refractivity contribution in [2.24, 2.45) is 16.7 Å². The van der Waals surface area contributed by atoms with Crippen LogP contribution >= 0.6 is 0 Å². The van der Waals surface area contributed by atoms with Crippen molar-refractivity contribution in [2.75, 3.05) is 0 Å². The molecule has 0 aromatic carbocycles. The summed E-state index contributed by atoms with van der Waals surface area (Å²) in [7, 11) is 0. The van der Waals surface area contributed by atoms with E-state index >= 15 is 0 Å². The minimum absolute atomic E-state index is 0.555. The molecule has 0 saturated heterocycles. The quantitative estimate of drug-likeness (QED) is 0.644. The predicted octanol–water partition coefficient (Wildman–Crippen LogP) is 3.75. The topological polar surface area (TPSA) is 23.8 Å². The van der Waals surface area contributed by atoms with Gasteiger partial charge in [0.25, 0.3) is 0 Å². The fraction of sp³-hybridized carbons (Fsp3) is 0.917. The molecule has 74 valence electrons. The SMILES string of the molecule is CC(CC#N)CCC1(C)CC1(C)C. The first-order valence-electron chi connectivity index (χ1n) is 5.28. The number of rotatable bonds is 4. The van der Waals surface area contributed by atoms with Gasteiger partial charge in [0.2, 0.25) is 0 Å². The molecule has 13 heavy (non-hydrogen) atoms. The second-order valence-corrected chi connectivity index (χ2v) is 5.63. The number of hydrogen-bond acceptors (Lipinski definition) is 1. The van der Waals surface area contributed by atoms with Gasteiger partial charge in [0.15, 0.2) is 0 Å². The molecule has 0 spiro atoms. The Morgan fingerprint density at radius 2 is 1.92 bits per heavy atom. The molecule has 0 aromatic heterocycles. The van der Waals surface area contributed by atoms with Crippen LogP contribution in [0.5, 0.6) is 0 Å². The highest BCUT2D eigenvalue weighted by Gasteiger charge is 2.56. The highest BCUT2D eigenvalue weighted by atomic mass is 14.6. The molecule has 1 heteroatoms. The Labute approximate surface area is 82.1 Å². The van der Waals surface area contributed by atoms with Gasteiger partial charge in [0.05, 0.1) is 6.07 Å². The third kappa shape index (κ3) is 2.24. The first kappa shape index (κ1) is 10.6. The molecule has 0 aliphatic heterocycles. The van der Waals surface area contributed by atoms with Gasteiger partial charge < -0.3 is 0 Å². The molecular weight excluding hydrogens is 158 g/mol. The summed E-state index contributed by atoms with van der Waals surface area (Å²) in [6.45, 7) is 9.26. The van der Waals surface area contributed by atoms with Crippen LogP contribution in [-0.4, -0.2) is 0 Å². The lowest BCUT2D eigenvalue weighted by Gasteiger charge is -2.16. The van der Waals surface area contributed by atoms with Crippen molar-refractivity contribution in [1.29, 1.82) is 5.26 Å². The number of nitrogens with zero attached hydrogens (tertiary/aromatic N) is 1. The average Bonchev–Trinajstić information content (AvgIpc) is 2.49. The highest BCUT2D eigenvalue weighted by Crippen LogP contribution is 2.65. The molecule has 0 amide bonds. The van der Waals surface area contributed by atoms with E-state index in [-0.39, 0.29) is 0 Å². The smallest absolute Gasteiger partial charge is 0.0624 e. The maximum atomic E-state index is 8.53. The summed E-state index contributed by atoms with van der Waals surface area (Å²) < 4.78 is 0. The Morgan fingerprint density at radius 1 is 1.38 bits per heavy atom. The van der Waals surface area contributed by atoms with Crippen molar-refractivity contribution in [1.82, 2.24) is 0 Å². The van der Waals surface area contributed by atoms with Gasteiger partial charge in [0.1, 0.15) is 0 Å². The Kier molecular flexibility index (Phi) is 2.71. The summed E-state index contributed by atoms with van der Waals surface area (Å²) >= 11 is 0. The maximum absolute atomic E-state index is 8.53. The monoisotopic (exact) mass is 179 g/mol. The molecule has 0 aromatic rings. The van der Waals surface area contributed by atoms with Gasteiger partial charge in [-0.15, -0.1) is 0 Å². The largest absolute Gasteiger partial charge is 0.198 e. The van der Waals surface area contributed by atoms with Gasteiger partial charge in [-0.1, -0.05) is 27.7 Å². The van der Waals surface area contributed by atoms with Crippen molar-refractivity contribution in [3.8, 4) is 6.07 Å². The van der Waals surface area contributed by atoms with Crippen LogP contribution in [0, 0.1) is 28.1 Å². The molecule has 2 atom stereocenters. The Balaban J connectivity index is 2.25. The minimum Gasteiger partial charge on any atom is -0.198 e. The lowest BCUT2D eigenvalue weighted by molar-refractivity contribution is 0.348. The van der Waals surface area contributed by atoms with E-state index < -0.39 is 0 Å². The van der Waals surface area contributed by atoms with E-state index in [9.17, 15) is 0 Å². The van der Waals surface area contributed by atoms with Crippen molar-refractivity contribution in [3.63, 3.8) is 0 Å². The molecule has 1 saturated carbocycles. The minimum atomic E-state index is 0.555. The van der Waals surface area contributed by atoms with Gasteiger partial charge in [-0.2, -0.15) is 5.26 Å². The van der Waals surface area contributed by atoms with E-state index in [0.29, 0.717) is 16.7 Å². The summed E-state index contributed by atoms with van der Waals surface area (Å²) in [5.41, 5.74) is 1.12. The van der Waals surface area contributed by atoms with Gasteiger partial charge in [0, 0.05) is 6.42 Å². The summed E-state index contributed by atoms with van der Waals surface area (Å²) in [5, 5.41) is 8.53. The second-order valence-electron chi connectivity index (χ2n) is 5.63. The zero-order chi connectivity index (χ0) is 10.1. The standard InChI is InChI=1S/C12H21N/c1-10(6-8-13)5-7-12(4)9-11(12,2)3/h10H,5-7,9H2,1-4H3. The summed E-state index contributed by atoms with van der Waals surface area (Å²) in [5.74, 6) is 0.582. The molecule has 0 radical (unpaired) electrons. The van der Waals surface area contributed by atoms with Gasteiger partial charge in [-0.05, 0) is 36.0 Å². The van der Waals surface area contributed by atoms with Crippen molar-refractivity contribution in [2.45, 2.75) is 53.4 Å².